The average Bonchev–Trinajstić information content (AvgIpc) is 3.27. The molecule has 4 amide bonds. The van der Waals surface area contributed by atoms with Crippen LogP contribution in [0.5, 0.6) is 0 Å². The maximum Gasteiger partial charge on any atom is 0.262 e. The van der Waals surface area contributed by atoms with Gasteiger partial charge in [0.15, 0.2) is 0 Å². The number of nitrogens with one attached hydrogen (secondary N) is 2. The molecule has 2 N–H and O–H groups in total. The maximum absolute atomic E-state index is 13.5. The summed E-state index contributed by atoms with van der Waals surface area (Å²) in [6.45, 7) is 3.35. The summed E-state index contributed by atoms with van der Waals surface area (Å²) < 4.78 is 0. The molecule has 0 bridgehead atoms. The second kappa shape index (κ2) is 7.77. The molecule has 1 unspecified atom stereocenters. The minimum absolute atomic E-state index is 0.0956. The van der Waals surface area contributed by atoms with Gasteiger partial charge >= 0.3 is 0 Å². The molecule has 2 aromatic rings. The van der Waals surface area contributed by atoms with Crippen LogP contribution in [0.15, 0.2) is 42.5 Å². The van der Waals surface area contributed by atoms with Crippen molar-refractivity contribution >= 4 is 29.3 Å². The molecule has 34 heavy (non-hydrogen) atoms. The summed E-state index contributed by atoms with van der Waals surface area (Å²) in [7, 11) is 0. The number of fused-ring (bicyclic) bond motifs is 3. The largest absolute Gasteiger partial charge is 0.366 e. The van der Waals surface area contributed by atoms with Gasteiger partial charge in [0, 0.05) is 30.6 Å². The van der Waals surface area contributed by atoms with E-state index in [1.807, 2.05) is 12.1 Å². The maximum atomic E-state index is 13.5. The van der Waals surface area contributed by atoms with E-state index in [0.29, 0.717) is 17.7 Å². The fraction of sp³-hybridized carbons (Fsp3) is 0.385. The van der Waals surface area contributed by atoms with Gasteiger partial charge in [-0.1, -0.05) is 30.3 Å². The molecule has 4 aliphatic rings. The Morgan fingerprint density at radius 2 is 1.74 bits per heavy atom. The van der Waals surface area contributed by atoms with Gasteiger partial charge in [-0.15, -0.1) is 0 Å². The van der Waals surface area contributed by atoms with E-state index in [9.17, 15) is 19.2 Å². The number of carbonyl (C=O) groups excluding carboxylic acids is 4. The summed E-state index contributed by atoms with van der Waals surface area (Å²) >= 11 is 0. The predicted molar refractivity (Wildman–Crippen MR) is 124 cm³/mol. The molecule has 0 aliphatic carbocycles. The van der Waals surface area contributed by atoms with Crippen molar-refractivity contribution in [1.82, 2.24) is 15.5 Å². The van der Waals surface area contributed by atoms with Crippen molar-refractivity contribution in [2.24, 2.45) is 0 Å². The molecular formula is C26H26N4O4. The van der Waals surface area contributed by atoms with Gasteiger partial charge in [-0.25, -0.2) is 0 Å². The van der Waals surface area contributed by atoms with Crippen LogP contribution >= 0.6 is 0 Å². The quantitative estimate of drug-likeness (QED) is 0.680. The van der Waals surface area contributed by atoms with Crippen LogP contribution in [0.3, 0.4) is 0 Å². The Balaban J connectivity index is 1.33. The van der Waals surface area contributed by atoms with E-state index < -0.39 is 23.8 Å². The van der Waals surface area contributed by atoms with Gasteiger partial charge in [0.05, 0.1) is 11.1 Å². The van der Waals surface area contributed by atoms with Crippen molar-refractivity contribution in [3.8, 4) is 0 Å². The molecule has 174 valence electrons. The number of amides is 4. The highest BCUT2D eigenvalue weighted by molar-refractivity contribution is 6.24. The Morgan fingerprint density at radius 1 is 0.941 bits per heavy atom. The van der Waals surface area contributed by atoms with E-state index in [2.05, 4.69) is 33.7 Å². The van der Waals surface area contributed by atoms with Gasteiger partial charge in [0.1, 0.15) is 6.04 Å². The highest BCUT2D eigenvalue weighted by atomic mass is 16.2. The third kappa shape index (κ3) is 3.09. The number of rotatable bonds is 3. The van der Waals surface area contributed by atoms with Crippen molar-refractivity contribution in [1.29, 1.82) is 0 Å². The first kappa shape index (κ1) is 21.0. The molecule has 8 heteroatoms. The lowest BCUT2D eigenvalue weighted by Crippen LogP contribution is -2.54. The summed E-state index contributed by atoms with van der Waals surface area (Å²) in [5, 5.41) is 5.71. The van der Waals surface area contributed by atoms with E-state index in [1.54, 1.807) is 12.1 Å². The molecule has 4 aliphatic heterocycles. The van der Waals surface area contributed by atoms with Crippen molar-refractivity contribution < 1.29 is 19.2 Å². The van der Waals surface area contributed by atoms with Gasteiger partial charge in [0.2, 0.25) is 11.8 Å². The van der Waals surface area contributed by atoms with Crippen molar-refractivity contribution in [2.75, 3.05) is 24.5 Å². The molecule has 2 fully saturated rings. The number of imide groups is 2. The molecule has 0 saturated carbocycles. The third-order valence-corrected chi connectivity index (χ3v) is 7.79. The number of benzene rings is 2. The smallest absolute Gasteiger partial charge is 0.262 e. The van der Waals surface area contributed by atoms with Crippen LogP contribution in [0.4, 0.5) is 5.69 Å². The topological polar surface area (TPSA) is 98.8 Å². The van der Waals surface area contributed by atoms with Gasteiger partial charge in [-0.3, -0.25) is 29.4 Å². The lowest BCUT2D eigenvalue weighted by Gasteiger charge is -2.35. The van der Waals surface area contributed by atoms with Crippen LogP contribution in [0.2, 0.25) is 0 Å². The summed E-state index contributed by atoms with van der Waals surface area (Å²) in [4.78, 5) is 54.0. The van der Waals surface area contributed by atoms with E-state index in [4.69, 9.17) is 0 Å². The Labute approximate surface area is 197 Å². The normalized spacial score (nSPS) is 23.4. The number of hydrogen-bond acceptors (Lipinski definition) is 6. The first-order valence-corrected chi connectivity index (χ1v) is 11.9. The summed E-state index contributed by atoms with van der Waals surface area (Å²) in [6, 6.07) is 12.9. The van der Waals surface area contributed by atoms with Crippen LogP contribution in [-0.2, 0) is 21.5 Å². The van der Waals surface area contributed by atoms with E-state index >= 15 is 0 Å². The Bertz CT molecular complexity index is 1230. The summed E-state index contributed by atoms with van der Waals surface area (Å²) in [5.41, 5.74) is 4.12. The highest BCUT2D eigenvalue weighted by Gasteiger charge is 2.47. The average molecular weight is 459 g/mol. The number of para-hydroxylation sites is 1. The Kier molecular flexibility index (Phi) is 4.81. The molecule has 4 heterocycles. The number of carbonyl (C=O) groups is 4. The van der Waals surface area contributed by atoms with Crippen LogP contribution in [0, 0.1) is 0 Å². The molecule has 2 saturated heterocycles. The lowest BCUT2D eigenvalue weighted by atomic mass is 9.75. The third-order valence-electron chi connectivity index (χ3n) is 7.79. The van der Waals surface area contributed by atoms with Crippen LogP contribution in [0.1, 0.15) is 57.5 Å². The number of piperidine rings is 2. The van der Waals surface area contributed by atoms with Crippen LogP contribution in [-0.4, -0.2) is 54.2 Å². The molecule has 8 nitrogen and oxygen atoms in total. The zero-order valence-corrected chi connectivity index (χ0v) is 18.8. The molecule has 2 aromatic carbocycles. The molecular weight excluding hydrogens is 432 g/mol. The SMILES string of the molecule is O=C1CCC(N2C(=O)c3cccc(CN4CC5(CCNCC5)c5ccccc54)c3C2=O)C(=O)N1. The monoisotopic (exact) mass is 458 g/mol. The fourth-order valence-corrected chi connectivity index (χ4v) is 6.13. The second-order valence-electron chi connectivity index (χ2n) is 9.69. The number of nitrogens with zero attached hydrogens (tertiary/aromatic N) is 2. The molecule has 6 rings (SSSR count). The predicted octanol–water partition coefficient (Wildman–Crippen LogP) is 1.73. The summed E-state index contributed by atoms with van der Waals surface area (Å²) in [5.74, 6) is -1.88. The summed E-state index contributed by atoms with van der Waals surface area (Å²) in [6.07, 6.45) is 2.39. The number of anilines is 1. The van der Waals surface area contributed by atoms with Gasteiger partial charge < -0.3 is 10.2 Å². The Morgan fingerprint density at radius 3 is 2.53 bits per heavy atom. The first-order valence-electron chi connectivity index (χ1n) is 11.9. The van der Waals surface area contributed by atoms with Gasteiger partial charge in [0.25, 0.3) is 11.8 Å². The van der Waals surface area contributed by atoms with Gasteiger partial charge in [-0.05, 0) is 55.6 Å². The molecule has 0 aromatic heterocycles. The van der Waals surface area contributed by atoms with E-state index in [1.165, 1.54) is 11.3 Å². The molecule has 0 radical (unpaired) electrons. The molecule has 1 atom stereocenters. The van der Waals surface area contributed by atoms with Crippen molar-refractivity contribution in [3.63, 3.8) is 0 Å². The standard InChI is InChI=1S/C26H26N4O4/c31-21-9-8-20(23(32)28-21)30-24(33)17-5-3-4-16(22(17)25(30)34)14-29-15-26(10-12-27-13-11-26)18-6-1-2-7-19(18)29/h1-7,20,27H,8-15H2,(H,28,31,32). The number of hydrogen-bond donors (Lipinski definition) is 2. The van der Waals surface area contributed by atoms with E-state index in [-0.39, 0.29) is 24.2 Å². The minimum Gasteiger partial charge on any atom is -0.366 e. The Hall–Kier alpha value is -3.52. The zero-order valence-electron chi connectivity index (χ0n) is 18.8. The van der Waals surface area contributed by atoms with Crippen LogP contribution in [0.25, 0.3) is 0 Å². The van der Waals surface area contributed by atoms with Gasteiger partial charge in [-0.2, -0.15) is 0 Å². The van der Waals surface area contributed by atoms with Crippen LogP contribution < -0.4 is 15.5 Å². The van der Waals surface area contributed by atoms with Crippen molar-refractivity contribution in [3.05, 3.63) is 64.7 Å². The fourth-order valence-electron chi connectivity index (χ4n) is 6.13. The lowest BCUT2D eigenvalue weighted by molar-refractivity contribution is -0.136. The molecule has 1 spiro atoms. The van der Waals surface area contributed by atoms with E-state index in [0.717, 1.165) is 42.9 Å². The highest BCUT2D eigenvalue weighted by Crippen LogP contribution is 2.46. The zero-order chi connectivity index (χ0) is 23.4. The second-order valence-corrected chi connectivity index (χ2v) is 9.69. The van der Waals surface area contributed by atoms with Crippen molar-refractivity contribution in [2.45, 2.75) is 43.7 Å². The first-order chi connectivity index (χ1) is 16.5. The minimum atomic E-state index is -0.955.